The SMILES string of the molecule is N#Cc1cc(-c2ccc(-c3nc(-c4ccccc4)nc(-c4ccccc4)n3)cc2)ccc1-c1ccc(-c2ccccc2-c2cccc3c2-c2cccc4cccc-3c24)cc1. The molecule has 0 N–H and O–H groups in total. The molecule has 0 amide bonds. The number of nitrogens with zero attached hydrogens (tertiary/aromatic N) is 4. The summed E-state index contributed by atoms with van der Waals surface area (Å²) in [6.45, 7) is 0. The van der Waals surface area contributed by atoms with E-state index in [1.54, 1.807) is 0 Å². The molecule has 11 rings (SSSR count). The highest BCUT2D eigenvalue weighted by molar-refractivity contribution is 6.18. The lowest BCUT2D eigenvalue weighted by Gasteiger charge is -2.15. The molecule has 1 heterocycles. The van der Waals surface area contributed by atoms with Gasteiger partial charge in [-0.25, -0.2) is 15.0 Å². The molecule has 0 radical (unpaired) electrons. The molecule has 0 unspecified atom stereocenters. The van der Waals surface area contributed by atoms with Crippen LogP contribution in [0.3, 0.4) is 0 Å². The normalized spacial score (nSPS) is 11.3. The van der Waals surface area contributed by atoms with Gasteiger partial charge in [-0.1, -0.05) is 200 Å². The molecule has 0 fully saturated rings. The third kappa shape index (κ3) is 6.05. The molecule has 60 heavy (non-hydrogen) atoms. The number of aromatic nitrogens is 3. The molecule has 0 spiro atoms. The molecule has 0 saturated carbocycles. The maximum atomic E-state index is 10.4. The number of hydrogen-bond acceptors (Lipinski definition) is 4. The molecule has 1 aromatic heterocycles. The third-order valence-corrected chi connectivity index (χ3v) is 11.6. The summed E-state index contributed by atoms with van der Waals surface area (Å²) >= 11 is 0. The zero-order chi connectivity index (χ0) is 40.0. The van der Waals surface area contributed by atoms with Crippen molar-refractivity contribution in [3.05, 3.63) is 212 Å². The zero-order valence-corrected chi connectivity index (χ0v) is 32.4. The predicted octanol–water partition coefficient (Wildman–Crippen LogP) is 14.2. The van der Waals surface area contributed by atoms with E-state index in [0.29, 0.717) is 23.0 Å². The second-order valence-corrected chi connectivity index (χ2v) is 15.0. The van der Waals surface area contributed by atoms with Gasteiger partial charge >= 0.3 is 0 Å². The first-order valence-corrected chi connectivity index (χ1v) is 20.1. The van der Waals surface area contributed by atoms with Gasteiger partial charge in [-0.05, 0) is 83.6 Å². The van der Waals surface area contributed by atoms with Crippen molar-refractivity contribution in [2.45, 2.75) is 0 Å². The predicted molar refractivity (Wildman–Crippen MR) is 245 cm³/mol. The summed E-state index contributed by atoms with van der Waals surface area (Å²) in [5.41, 5.74) is 17.1. The smallest absolute Gasteiger partial charge is 0.164 e. The fraction of sp³-hybridized carbons (Fsp3) is 0. The molecule has 4 heteroatoms. The summed E-state index contributed by atoms with van der Waals surface area (Å²) in [4.78, 5) is 14.6. The van der Waals surface area contributed by atoms with Gasteiger partial charge in [0.15, 0.2) is 17.5 Å². The molecule has 0 aliphatic heterocycles. The van der Waals surface area contributed by atoms with Crippen LogP contribution in [0.25, 0.3) is 112 Å². The molecule has 9 aromatic carbocycles. The van der Waals surface area contributed by atoms with Gasteiger partial charge in [0.1, 0.15) is 0 Å². The lowest BCUT2D eigenvalue weighted by Crippen LogP contribution is -2.00. The van der Waals surface area contributed by atoms with Crippen molar-refractivity contribution in [2.75, 3.05) is 0 Å². The Morgan fingerprint density at radius 2 is 0.733 bits per heavy atom. The summed E-state index contributed by atoms with van der Waals surface area (Å²) in [6, 6.07) is 73.9. The molecule has 10 aromatic rings. The van der Waals surface area contributed by atoms with E-state index in [9.17, 15) is 5.26 Å². The molecule has 0 saturated heterocycles. The fourth-order valence-electron chi connectivity index (χ4n) is 8.68. The van der Waals surface area contributed by atoms with Gasteiger partial charge in [-0.2, -0.15) is 5.26 Å². The van der Waals surface area contributed by atoms with Crippen molar-refractivity contribution >= 4 is 10.8 Å². The summed E-state index contributed by atoms with van der Waals surface area (Å²) < 4.78 is 0. The van der Waals surface area contributed by atoms with Crippen LogP contribution in [-0.2, 0) is 0 Å². The Balaban J connectivity index is 0.893. The molecule has 1 aliphatic carbocycles. The molecule has 1 aliphatic rings. The summed E-state index contributed by atoms with van der Waals surface area (Å²) in [7, 11) is 0. The van der Waals surface area contributed by atoms with Crippen LogP contribution in [0.15, 0.2) is 206 Å². The average molecular weight is 763 g/mol. The standard InChI is InChI=1S/C56H34N4/c57-35-44-34-43(36-24-30-42(31-25-36)56-59-54(40-12-3-1-4-13-40)58-55(60-56)41-14-5-2-6-15-41)32-33-45(44)37-26-28-38(29-27-37)46-18-7-8-19-47(46)48-21-11-22-50-49-20-9-16-39-17-10-23-51(52(39)49)53(48)50/h1-34H. The molecular formula is C56H34N4. The summed E-state index contributed by atoms with van der Waals surface area (Å²) in [5, 5.41) is 13.0. The highest BCUT2D eigenvalue weighted by Gasteiger charge is 2.25. The topological polar surface area (TPSA) is 62.5 Å². The Kier molecular flexibility index (Phi) is 8.50. The maximum Gasteiger partial charge on any atom is 0.164 e. The molecular weight excluding hydrogens is 729 g/mol. The Labute approximate surface area is 348 Å². The molecule has 0 atom stereocenters. The Morgan fingerprint density at radius 3 is 1.35 bits per heavy atom. The van der Waals surface area contributed by atoms with E-state index in [-0.39, 0.29) is 0 Å². The van der Waals surface area contributed by atoms with Gasteiger partial charge in [0.2, 0.25) is 0 Å². The number of hydrogen-bond donors (Lipinski definition) is 0. The van der Waals surface area contributed by atoms with Gasteiger partial charge in [0.25, 0.3) is 0 Å². The summed E-state index contributed by atoms with van der Waals surface area (Å²) in [6.07, 6.45) is 0. The van der Waals surface area contributed by atoms with Gasteiger partial charge in [0, 0.05) is 16.7 Å². The minimum absolute atomic E-state index is 0.601. The van der Waals surface area contributed by atoms with Gasteiger partial charge in [-0.3, -0.25) is 0 Å². The summed E-state index contributed by atoms with van der Waals surface area (Å²) in [5.74, 6) is 1.85. The molecule has 278 valence electrons. The molecule has 4 nitrogen and oxygen atoms in total. The fourth-order valence-corrected chi connectivity index (χ4v) is 8.68. The minimum Gasteiger partial charge on any atom is -0.208 e. The lowest BCUT2D eigenvalue weighted by molar-refractivity contribution is 1.07. The van der Waals surface area contributed by atoms with Crippen LogP contribution < -0.4 is 0 Å². The van der Waals surface area contributed by atoms with Crippen molar-refractivity contribution in [3.63, 3.8) is 0 Å². The highest BCUT2D eigenvalue weighted by atomic mass is 15.0. The van der Waals surface area contributed by atoms with E-state index in [4.69, 9.17) is 15.0 Å². The third-order valence-electron chi connectivity index (χ3n) is 11.6. The van der Waals surface area contributed by atoms with Crippen molar-refractivity contribution in [3.8, 4) is 107 Å². The zero-order valence-electron chi connectivity index (χ0n) is 32.4. The van der Waals surface area contributed by atoms with E-state index in [1.807, 2.05) is 78.9 Å². The highest BCUT2D eigenvalue weighted by Crippen LogP contribution is 2.52. The van der Waals surface area contributed by atoms with Crippen LogP contribution >= 0.6 is 0 Å². The van der Waals surface area contributed by atoms with Gasteiger partial charge in [-0.15, -0.1) is 0 Å². The minimum atomic E-state index is 0.601. The van der Waals surface area contributed by atoms with E-state index < -0.39 is 0 Å². The first-order valence-electron chi connectivity index (χ1n) is 20.1. The van der Waals surface area contributed by atoms with E-state index in [1.165, 1.54) is 49.7 Å². The Bertz CT molecular complexity index is 3230. The van der Waals surface area contributed by atoms with Crippen LogP contribution in [0.2, 0.25) is 0 Å². The Hall–Kier alpha value is -8.26. The van der Waals surface area contributed by atoms with Crippen LogP contribution in [-0.4, -0.2) is 15.0 Å². The quantitative estimate of drug-likeness (QED) is 0.162. The van der Waals surface area contributed by atoms with Crippen molar-refractivity contribution in [1.29, 1.82) is 5.26 Å². The van der Waals surface area contributed by atoms with E-state index >= 15 is 0 Å². The van der Waals surface area contributed by atoms with Crippen LogP contribution in [0, 0.1) is 11.3 Å². The average Bonchev–Trinajstić information content (AvgIpc) is 3.67. The van der Waals surface area contributed by atoms with E-state index in [2.05, 4.69) is 133 Å². The number of nitriles is 1. The first-order chi connectivity index (χ1) is 29.7. The first kappa shape index (κ1) is 34.9. The Morgan fingerprint density at radius 1 is 0.300 bits per heavy atom. The van der Waals surface area contributed by atoms with Gasteiger partial charge in [0.05, 0.1) is 11.6 Å². The number of benzene rings is 9. The monoisotopic (exact) mass is 762 g/mol. The van der Waals surface area contributed by atoms with Crippen molar-refractivity contribution in [2.24, 2.45) is 0 Å². The number of rotatable bonds is 7. The second-order valence-electron chi connectivity index (χ2n) is 15.0. The van der Waals surface area contributed by atoms with E-state index in [0.717, 1.165) is 44.5 Å². The molecule has 0 bridgehead atoms. The second kappa shape index (κ2) is 14.6. The van der Waals surface area contributed by atoms with Crippen LogP contribution in [0.1, 0.15) is 5.56 Å². The van der Waals surface area contributed by atoms with Crippen molar-refractivity contribution in [1.82, 2.24) is 15.0 Å². The van der Waals surface area contributed by atoms with Crippen LogP contribution in [0.5, 0.6) is 0 Å². The lowest BCUT2D eigenvalue weighted by atomic mass is 9.88. The van der Waals surface area contributed by atoms with Gasteiger partial charge < -0.3 is 0 Å². The maximum absolute atomic E-state index is 10.4. The van der Waals surface area contributed by atoms with Crippen molar-refractivity contribution < 1.29 is 0 Å². The van der Waals surface area contributed by atoms with Crippen LogP contribution in [0.4, 0.5) is 0 Å². The number of fused-ring (bicyclic) bond motifs is 3. The largest absolute Gasteiger partial charge is 0.208 e.